The Balaban J connectivity index is 1.70. The Morgan fingerprint density at radius 2 is 2.25 bits per heavy atom. The van der Waals surface area contributed by atoms with Gasteiger partial charge in [0.1, 0.15) is 6.10 Å². The van der Waals surface area contributed by atoms with Crippen molar-refractivity contribution in [2.75, 3.05) is 18.8 Å². The molecule has 1 aromatic rings. The van der Waals surface area contributed by atoms with E-state index >= 15 is 0 Å². The summed E-state index contributed by atoms with van der Waals surface area (Å²) in [4.78, 5) is 4.20. The first-order chi connectivity index (χ1) is 9.49. The number of aryl methyl sites for hydroxylation is 1. The molecule has 3 rings (SSSR count). The van der Waals surface area contributed by atoms with E-state index in [0.717, 1.165) is 12.8 Å². The quantitative estimate of drug-likeness (QED) is 0.824. The van der Waals surface area contributed by atoms with E-state index in [4.69, 9.17) is 9.26 Å². The van der Waals surface area contributed by atoms with E-state index in [0.29, 0.717) is 24.8 Å². The number of sulfonamides is 1. The first-order valence-electron chi connectivity index (χ1n) is 6.93. The third kappa shape index (κ3) is 2.47. The molecule has 2 saturated heterocycles. The molecule has 2 fully saturated rings. The van der Waals surface area contributed by atoms with E-state index in [1.165, 1.54) is 0 Å². The van der Waals surface area contributed by atoms with Crippen LogP contribution in [0.5, 0.6) is 0 Å². The van der Waals surface area contributed by atoms with Crippen LogP contribution in [0, 0.1) is 12.8 Å². The Bertz CT molecular complexity index is 585. The Kier molecular flexibility index (Phi) is 3.55. The molecule has 0 aliphatic carbocycles. The zero-order valence-corrected chi connectivity index (χ0v) is 12.5. The van der Waals surface area contributed by atoms with Gasteiger partial charge in [-0.05, 0) is 26.7 Å². The number of aromatic nitrogens is 2. The van der Waals surface area contributed by atoms with Crippen LogP contribution in [-0.2, 0) is 14.8 Å². The average Bonchev–Trinajstić information content (AvgIpc) is 3.03. The van der Waals surface area contributed by atoms with E-state index in [1.807, 2.05) is 0 Å². The second-order valence-corrected chi connectivity index (χ2v) is 7.64. The molecule has 8 heteroatoms. The monoisotopic (exact) mass is 301 g/mol. The van der Waals surface area contributed by atoms with Gasteiger partial charge in [0.15, 0.2) is 5.82 Å². The molecule has 2 aliphatic rings. The molecular weight excluding hydrogens is 282 g/mol. The van der Waals surface area contributed by atoms with E-state index in [2.05, 4.69) is 10.1 Å². The summed E-state index contributed by atoms with van der Waals surface area (Å²) in [5.41, 5.74) is 0. The molecule has 112 valence electrons. The number of ether oxygens (including phenoxy) is 1. The minimum atomic E-state index is -3.11. The van der Waals surface area contributed by atoms with Gasteiger partial charge in [-0.2, -0.15) is 4.98 Å². The zero-order valence-electron chi connectivity index (χ0n) is 11.7. The summed E-state index contributed by atoms with van der Waals surface area (Å²) in [6.07, 6.45) is 1.36. The number of hydrogen-bond donors (Lipinski definition) is 0. The first-order valence-corrected chi connectivity index (χ1v) is 8.54. The lowest BCUT2D eigenvalue weighted by Gasteiger charge is -2.32. The molecule has 7 nitrogen and oxygen atoms in total. The molecule has 0 aromatic carbocycles. The van der Waals surface area contributed by atoms with Crippen molar-refractivity contribution in [2.24, 2.45) is 5.92 Å². The predicted molar refractivity (Wildman–Crippen MR) is 70.4 cm³/mol. The number of rotatable bonds is 3. The zero-order chi connectivity index (χ0) is 14.3. The van der Waals surface area contributed by atoms with Crippen LogP contribution in [0.15, 0.2) is 4.52 Å². The fraction of sp³-hybridized carbons (Fsp3) is 0.833. The van der Waals surface area contributed by atoms with Gasteiger partial charge in [0, 0.05) is 19.0 Å². The number of piperidine rings is 1. The summed E-state index contributed by atoms with van der Waals surface area (Å²) >= 11 is 0. The van der Waals surface area contributed by atoms with Gasteiger partial charge in [0.05, 0.1) is 11.9 Å². The van der Waals surface area contributed by atoms with Gasteiger partial charge >= 0.3 is 0 Å². The van der Waals surface area contributed by atoms with Gasteiger partial charge in [-0.25, -0.2) is 12.7 Å². The van der Waals surface area contributed by atoms with Crippen molar-refractivity contribution in [3.8, 4) is 0 Å². The predicted octanol–water partition coefficient (Wildman–Crippen LogP) is 0.880. The van der Waals surface area contributed by atoms with Gasteiger partial charge < -0.3 is 9.26 Å². The molecule has 0 N–H and O–H groups in total. The number of hydrogen-bond acceptors (Lipinski definition) is 6. The molecule has 20 heavy (non-hydrogen) atoms. The van der Waals surface area contributed by atoms with Crippen LogP contribution in [-0.4, -0.2) is 47.8 Å². The summed E-state index contributed by atoms with van der Waals surface area (Å²) in [6, 6.07) is 0. The van der Waals surface area contributed by atoms with Gasteiger partial charge in [0.2, 0.25) is 10.0 Å². The summed E-state index contributed by atoms with van der Waals surface area (Å²) in [7, 11) is -3.11. The lowest BCUT2D eigenvalue weighted by atomic mass is 9.94. The highest BCUT2D eigenvalue weighted by molar-refractivity contribution is 7.89. The third-order valence-electron chi connectivity index (χ3n) is 4.06. The topological polar surface area (TPSA) is 85.5 Å². The highest BCUT2D eigenvalue weighted by Crippen LogP contribution is 2.40. The summed E-state index contributed by atoms with van der Waals surface area (Å²) in [5, 5.41) is 3.77. The van der Waals surface area contributed by atoms with Crippen molar-refractivity contribution in [2.45, 2.75) is 38.9 Å². The maximum atomic E-state index is 11.9. The Morgan fingerprint density at radius 3 is 2.90 bits per heavy atom. The van der Waals surface area contributed by atoms with E-state index in [-0.39, 0.29) is 23.9 Å². The maximum Gasteiger partial charge on any atom is 0.255 e. The second-order valence-electron chi connectivity index (χ2n) is 5.39. The van der Waals surface area contributed by atoms with Crippen molar-refractivity contribution in [3.63, 3.8) is 0 Å². The van der Waals surface area contributed by atoms with E-state index in [1.54, 1.807) is 18.2 Å². The Morgan fingerprint density at radius 1 is 1.45 bits per heavy atom. The van der Waals surface area contributed by atoms with Crippen LogP contribution in [0.3, 0.4) is 0 Å². The summed E-state index contributed by atoms with van der Waals surface area (Å²) in [5.74, 6) is 1.45. The highest BCUT2D eigenvalue weighted by Gasteiger charge is 2.43. The van der Waals surface area contributed by atoms with Gasteiger partial charge in [-0.15, -0.1) is 0 Å². The van der Waals surface area contributed by atoms with Crippen LogP contribution in [0.2, 0.25) is 0 Å². The van der Waals surface area contributed by atoms with Crippen molar-refractivity contribution in [1.29, 1.82) is 0 Å². The van der Waals surface area contributed by atoms with E-state index < -0.39 is 10.0 Å². The van der Waals surface area contributed by atoms with Crippen LogP contribution in [0.25, 0.3) is 0 Å². The summed E-state index contributed by atoms with van der Waals surface area (Å²) < 4.78 is 36.6. The molecule has 3 atom stereocenters. The fourth-order valence-corrected chi connectivity index (χ4v) is 4.13. The molecule has 1 aromatic heterocycles. The largest absolute Gasteiger partial charge is 0.365 e. The summed E-state index contributed by atoms with van der Waals surface area (Å²) in [6.45, 7) is 4.51. The highest BCUT2D eigenvalue weighted by atomic mass is 32.2. The molecule has 3 heterocycles. The average molecular weight is 301 g/mol. The Labute approximate surface area is 118 Å². The molecule has 0 unspecified atom stereocenters. The number of fused-ring (bicyclic) bond motifs is 1. The van der Waals surface area contributed by atoms with Crippen molar-refractivity contribution >= 4 is 10.0 Å². The van der Waals surface area contributed by atoms with Crippen molar-refractivity contribution in [3.05, 3.63) is 11.7 Å². The van der Waals surface area contributed by atoms with Crippen LogP contribution < -0.4 is 0 Å². The van der Waals surface area contributed by atoms with Crippen molar-refractivity contribution in [1.82, 2.24) is 14.4 Å². The smallest absolute Gasteiger partial charge is 0.255 e. The van der Waals surface area contributed by atoms with E-state index in [9.17, 15) is 8.42 Å². The minimum Gasteiger partial charge on any atom is -0.365 e. The SMILES string of the molecule is CCS(=O)(=O)N1CC[C@@H]2O[C@H](c3nc(C)no3)C[C@@H]2C1. The normalized spacial score (nSPS) is 31.4. The molecule has 0 spiro atoms. The second kappa shape index (κ2) is 5.09. The lowest BCUT2D eigenvalue weighted by molar-refractivity contribution is -0.000170. The standard InChI is InChI=1S/C12H19N3O4S/c1-3-20(16,17)15-5-4-10-9(7-15)6-11(18-10)12-13-8(2)14-19-12/h9-11H,3-7H2,1-2H3/t9-,10+,11+/m1/s1. The van der Waals surface area contributed by atoms with Crippen LogP contribution >= 0.6 is 0 Å². The molecule has 2 aliphatic heterocycles. The molecule has 0 saturated carbocycles. The van der Waals surface area contributed by atoms with Crippen LogP contribution in [0.1, 0.15) is 37.6 Å². The first kappa shape index (κ1) is 14.0. The van der Waals surface area contributed by atoms with Crippen LogP contribution in [0.4, 0.5) is 0 Å². The van der Waals surface area contributed by atoms with Gasteiger partial charge in [-0.3, -0.25) is 0 Å². The fourth-order valence-electron chi connectivity index (χ4n) is 2.96. The maximum absolute atomic E-state index is 11.9. The molecular formula is C12H19N3O4S. The van der Waals surface area contributed by atoms with Gasteiger partial charge in [0.25, 0.3) is 5.89 Å². The minimum absolute atomic E-state index is 0.0931. The Hall–Kier alpha value is -0.990. The molecule has 0 amide bonds. The van der Waals surface area contributed by atoms with Gasteiger partial charge in [-0.1, -0.05) is 5.16 Å². The molecule has 0 radical (unpaired) electrons. The lowest BCUT2D eigenvalue weighted by Crippen LogP contribution is -2.44. The number of nitrogens with zero attached hydrogens (tertiary/aromatic N) is 3. The molecule has 0 bridgehead atoms. The van der Waals surface area contributed by atoms with Crippen molar-refractivity contribution < 1.29 is 17.7 Å². The third-order valence-corrected chi connectivity index (χ3v) is 5.91.